The van der Waals surface area contributed by atoms with Crippen LogP contribution in [-0.2, 0) is 11.2 Å². The van der Waals surface area contributed by atoms with E-state index >= 15 is 0 Å². The Kier molecular flexibility index (Phi) is 4.91. The molecule has 0 aliphatic heterocycles. The molecule has 2 aromatic heterocycles. The van der Waals surface area contributed by atoms with Gasteiger partial charge in [0.1, 0.15) is 17.2 Å². The second-order valence-corrected chi connectivity index (χ2v) is 7.22. The van der Waals surface area contributed by atoms with Crippen LogP contribution in [0.2, 0.25) is 0 Å². The van der Waals surface area contributed by atoms with Gasteiger partial charge in [0.05, 0.1) is 18.0 Å². The fraction of sp³-hybridized carbons (Fsp3) is 0.316. The smallest absolute Gasteiger partial charge is 0.338 e. The maximum Gasteiger partial charge on any atom is 0.338 e. The van der Waals surface area contributed by atoms with Crippen LogP contribution in [0.1, 0.15) is 23.6 Å². The number of nitrogens with zero attached hydrogens (tertiary/aromatic N) is 2. The molecule has 3 aromatic rings. The first-order valence-electron chi connectivity index (χ1n) is 8.70. The van der Waals surface area contributed by atoms with E-state index < -0.39 is 6.03 Å². The number of pyridine rings is 1. The lowest BCUT2D eigenvalue weighted by Gasteiger charge is -2.14. The minimum Gasteiger partial charge on any atom is -0.491 e. The van der Waals surface area contributed by atoms with Gasteiger partial charge in [-0.15, -0.1) is 0 Å². The lowest BCUT2D eigenvalue weighted by atomic mass is 10.1. The van der Waals surface area contributed by atoms with Crippen LogP contribution in [-0.4, -0.2) is 35.3 Å². The number of rotatable bonds is 5. The van der Waals surface area contributed by atoms with E-state index in [1.54, 1.807) is 25.4 Å². The highest BCUT2D eigenvalue weighted by Gasteiger charge is 2.26. The minimum absolute atomic E-state index is 0.120. The number of ether oxygens (including phenoxy) is 2. The van der Waals surface area contributed by atoms with Crippen LogP contribution < -0.4 is 15.6 Å². The van der Waals surface area contributed by atoms with Crippen LogP contribution in [0.4, 0.5) is 4.79 Å². The van der Waals surface area contributed by atoms with E-state index in [0.717, 1.165) is 45.2 Å². The number of benzene rings is 1. The summed E-state index contributed by atoms with van der Waals surface area (Å²) in [7, 11) is 1.64. The molecular weight excluding hydrogens is 366 g/mol. The molecule has 140 valence electrons. The molecule has 0 fully saturated rings. The minimum atomic E-state index is -0.415. The summed E-state index contributed by atoms with van der Waals surface area (Å²) >= 11 is 1.06. The van der Waals surface area contributed by atoms with Crippen molar-refractivity contribution >= 4 is 27.8 Å². The lowest BCUT2D eigenvalue weighted by Crippen LogP contribution is -2.35. The fourth-order valence-electron chi connectivity index (χ4n) is 3.28. The van der Waals surface area contributed by atoms with E-state index in [0.29, 0.717) is 23.4 Å². The molecule has 2 heterocycles. The number of amides is 1. The largest absolute Gasteiger partial charge is 0.491 e. The van der Waals surface area contributed by atoms with E-state index in [-0.39, 0.29) is 11.6 Å². The Bertz CT molecular complexity index is 1040. The van der Waals surface area contributed by atoms with Crippen molar-refractivity contribution in [1.82, 2.24) is 14.3 Å². The number of nitrogens with one attached hydrogen (secondary N) is 1. The highest BCUT2D eigenvalue weighted by atomic mass is 32.1. The highest BCUT2D eigenvalue weighted by Crippen LogP contribution is 2.33. The first-order chi connectivity index (χ1) is 13.2. The summed E-state index contributed by atoms with van der Waals surface area (Å²) in [5, 5.41) is 3.43. The summed E-state index contributed by atoms with van der Waals surface area (Å²) < 4.78 is 11.8. The van der Waals surface area contributed by atoms with Gasteiger partial charge in [-0.1, -0.05) is 6.07 Å². The average molecular weight is 385 g/mol. The molecule has 4 rings (SSSR count). The van der Waals surface area contributed by atoms with Crippen molar-refractivity contribution in [3.63, 3.8) is 0 Å². The number of aromatic nitrogens is 2. The Hall–Kier alpha value is -2.71. The van der Waals surface area contributed by atoms with Gasteiger partial charge in [0, 0.05) is 13.3 Å². The normalized spacial score (nSPS) is 15.7. The molecule has 1 aliphatic carbocycles. The predicted molar refractivity (Wildman–Crippen MR) is 103 cm³/mol. The van der Waals surface area contributed by atoms with Crippen molar-refractivity contribution in [2.75, 3.05) is 20.3 Å². The van der Waals surface area contributed by atoms with Crippen LogP contribution in [0.15, 0.2) is 41.3 Å². The molecule has 0 radical (unpaired) electrons. The summed E-state index contributed by atoms with van der Waals surface area (Å²) in [5.74, 6) is 0.796. The average Bonchev–Trinajstić information content (AvgIpc) is 3.23. The van der Waals surface area contributed by atoms with E-state index in [1.165, 1.54) is 0 Å². The Labute approximate surface area is 159 Å². The number of methoxy groups -OCH3 is 1. The molecule has 1 atom stereocenters. The zero-order valence-corrected chi connectivity index (χ0v) is 15.6. The van der Waals surface area contributed by atoms with Gasteiger partial charge >= 0.3 is 6.03 Å². The van der Waals surface area contributed by atoms with Crippen LogP contribution in [0, 0.1) is 0 Å². The quantitative estimate of drug-likeness (QED) is 0.683. The molecule has 1 unspecified atom stereocenters. The topological polar surface area (TPSA) is 82.4 Å². The van der Waals surface area contributed by atoms with Gasteiger partial charge in [0.15, 0.2) is 0 Å². The van der Waals surface area contributed by atoms with Gasteiger partial charge in [-0.3, -0.25) is 4.79 Å². The Morgan fingerprint density at radius 3 is 3.07 bits per heavy atom. The van der Waals surface area contributed by atoms with E-state index in [4.69, 9.17) is 9.47 Å². The molecule has 1 N–H and O–H groups in total. The van der Waals surface area contributed by atoms with Crippen LogP contribution in [0.5, 0.6) is 5.75 Å². The molecule has 27 heavy (non-hydrogen) atoms. The fourth-order valence-corrected chi connectivity index (χ4v) is 4.13. The van der Waals surface area contributed by atoms with Gasteiger partial charge in [-0.05, 0) is 59.8 Å². The molecule has 1 amide bonds. The Balaban J connectivity index is 1.50. The summed E-state index contributed by atoms with van der Waals surface area (Å²) in [6, 6.07) is 8.72. The van der Waals surface area contributed by atoms with Gasteiger partial charge in [0.25, 0.3) is 5.56 Å². The third kappa shape index (κ3) is 3.45. The zero-order valence-electron chi connectivity index (χ0n) is 14.8. The molecule has 0 saturated heterocycles. The predicted octanol–water partition coefficient (Wildman–Crippen LogP) is 2.73. The molecular formula is C19H19N3O4S. The van der Waals surface area contributed by atoms with Crippen molar-refractivity contribution in [2.45, 2.75) is 18.9 Å². The second kappa shape index (κ2) is 7.50. The number of aryl methyl sites for hydroxylation is 1. The Morgan fingerprint density at radius 1 is 1.37 bits per heavy atom. The van der Waals surface area contributed by atoms with Crippen LogP contribution >= 0.6 is 11.5 Å². The van der Waals surface area contributed by atoms with Crippen molar-refractivity contribution in [3.8, 4) is 5.75 Å². The van der Waals surface area contributed by atoms with Crippen molar-refractivity contribution in [1.29, 1.82) is 0 Å². The summed E-state index contributed by atoms with van der Waals surface area (Å²) in [6.07, 6.45) is 3.26. The third-order valence-electron chi connectivity index (χ3n) is 4.59. The summed E-state index contributed by atoms with van der Waals surface area (Å²) in [4.78, 5) is 29.7. The molecule has 0 spiro atoms. The van der Waals surface area contributed by atoms with Crippen molar-refractivity contribution in [3.05, 3.63) is 58.0 Å². The standard InChI is InChI=1S/C19H19N3O4S/c1-25-9-10-26-13-5-6-14-12(11-13)4-7-16(14)21-19(24)22-18(23)15-3-2-8-20-17(15)27-22/h2-3,5-6,8,11,16H,4,7,9-10H2,1H3,(H,21,24). The third-order valence-corrected chi connectivity index (χ3v) is 5.61. The number of hydrogen-bond donors (Lipinski definition) is 1. The second-order valence-electron chi connectivity index (χ2n) is 6.29. The number of carbonyl (C=O) groups excluding carboxylic acids is 1. The number of fused-ring (bicyclic) bond motifs is 2. The molecule has 8 heteroatoms. The first kappa shape index (κ1) is 17.7. The number of hydrogen-bond acceptors (Lipinski definition) is 6. The molecule has 0 bridgehead atoms. The first-order valence-corrected chi connectivity index (χ1v) is 9.47. The van der Waals surface area contributed by atoms with E-state index in [9.17, 15) is 9.59 Å². The maximum atomic E-state index is 12.6. The highest BCUT2D eigenvalue weighted by molar-refractivity contribution is 7.14. The molecule has 0 saturated carbocycles. The van der Waals surface area contributed by atoms with Gasteiger partial charge in [-0.25, -0.2) is 9.78 Å². The van der Waals surface area contributed by atoms with Crippen molar-refractivity contribution in [2.24, 2.45) is 0 Å². The molecule has 1 aliphatic rings. The van der Waals surface area contributed by atoms with Crippen LogP contribution in [0.25, 0.3) is 10.2 Å². The zero-order chi connectivity index (χ0) is 18.8. The summed E-state index contributed by atoms with van der Waals surface area (Å²) in [6.45, 7) is 1.03. The van der Waals surface area contributed by atoms with Gasteiger partial charge in [-0.2, -0.15) is 3.96 Å². The Morgan fingerprint density at radius 2 is 2.26 bits per heavy atom. The number of carbonyl (C=O) groups is 1. The van der Waals surface area contributed by atoms with E-state index in [1.807, 2.05) is 18.2 Å². The van der Waals surface area contributed by atoms with Crippen LogP contribution in [0.3, 0.4) is 0 Å². The van der Waals surface area contributed by atoms with Gasteiger partial charge < -0.3 is 14.8 Å². The molecule has 7 nitrogen and oxygen atoms in total. The van der Waals surface area contributed by atoms with Gasteiger partial charge in [0.2, 0.25) is 0 Å². The molecule has 1 aromatic carbocycles. The van der Waals surface area contributed by atoms with E-state index in [2.05, 4.69) is 10.3 Å². The maximum absolute atomic E-state index is 12.6. The van der Waals surface area contributed by atoms with Crippen molar-refractivity contribution < 1.29 is 14.3 Å². The SMILES string of the molecule is COCCOc1ccc2c(c1)CCC2NC(=O)n1sc2ncccc2c1=O. The summed E-state index contributed by atoms with van der Waals surface area (Å²) in [5.41, 5.74) is 1.89. The monoisotopic (exact) mass is 385 g/mol. The lowest BCUT2D eigenvalue weighted by molar-refractivity contribution is 0.146.